The van der Waals surface area contributed by atoms with Gasteiger partial charge in [0.15, 0.2) is 0 Å². The van der Waals surface area contributed by atoms with Crippen LogP contribution >= 0.6 is 0 Å². The molecule has 0 aliphatic carbocycles. The van der Waals surface area contributed by atoms with Crippen LogP contribution in [0.5, 0.6) is 0 Å². The number of hydrogen-bond donors (Lipinski definition) is 2. The van der Waals surface area contributed by atoms with Gasteiger partial charge in [0.25, 0.3) is 0 Å². The van der Waals surface area contributed by atoms with E-state index in [1.165, 1.54) is 16.3 Å². The van der Waals surface area contributed by atoms with Crippen molar-refractivity contribution in [3.05, 3.63) is 83.4 Å². The lowest BCUT2D eigenvalue weighted by molar-refractivity contribution is -0.143. The molecule has 3 aromatic rings. The monoisotopic (exact) mass is 371 g/mol. The SMILES string of the molecule is C[C@@H](NCc1cccc(C#CC(C)(C)C(=O)O)c1)c1cccc2ccccc12. The molecule has 0 spiro atoms. The zero-order valence-electron chi connectivity index (χ0n) is 16.5. The fourth-order valence-corrected chi connectivity index (χ4v) is 3.05. The molecule has 2 N–H and O–H groups in total. The van der Waals surface area contributed by atoms with E-state index in [4.69, 9.17) is 0 Å². The number of nitrogens with one attached hydrogen (secondary N) is 1. The van der Waals surface area contributed by atoms with Gasteiger partial charge in [-0.05, 0) is 54.8 Å². The van der Waals surface area contributed by atoms with Gasteiger partial charge < -0.3 is 10.4 Å². The lowest BCUT2D eigenvalue weighted by Crippen LogP contribution is -2.21. The largest absolute Gasteiger partial charge is 0.480 e. The molecule has 1 atom stereocenters. The molecule has 0 heterocycles. The molecule has 3 nitrogen and oxygen atoms in total. The van der Waals surface area contributed by atoms with Crippen LogP contribution in [0.4, 0.5) is 0 Å². The van der Waals surface area contributed by atoms with Crippen LogP contribution in [0.3, 0.4) is 0 Å². The summed E-state index contributed by atoms with van der Waals surface area (Å²) >= 11 is 0. The van der Waals surface area contributed by atoms with E-state index < -0.39 is 11.4 Å². The van der Waals surface area contributed by atoms with Gasteiger partial charge in [0.05, 0.1) is 0 Å². The fraction of sp³-hybridized carbons (Fsp3) is 0.240. The molecule has 0 saturated carbocycles. The molecule has 0 aliphatic heterocycles. The molecule has 3 aromatic carbocycles. The number of carboxylic acid groups (broad SMARTS) is 1. The molecule has 28 heavy (non-hydrogen) atoms. The number of rotatable bonds is 5. The number of hydrogen-bond acceptors (Lipinski definition) is 2. The summed E-state index contributed by atoms with van der Waals surface area (Å²) in [6, 6.07) is 22.9. The fourth-order valence-electron chi connectivity index (χ4n) is 3.05. The molecule has 0 unspecified atom stereocenters. The van der Waals surface area contributed by atoms with E-state index in [1.54, 1.807) is 13.8 Å². The molecule has 0 bridgehead atoms. The van der Waals surface area contributed by atoms with E-state index in [9.17, 15) is 9.90 Å². The molecule has 0 amide bonds. The van der Waals surface area contributed by atoms with Crippen LogP contribution in [0.2, 0.25) is 0 Å². The number of aliphatic carboxylic acids is 1. The van der Waals surface area contributed by atoms with Crippen LogP contribution in [0, 0.1) is 17.3 Å². The van der Waals surface area contributed by atoms with Gasteiger partial charge in [0.1, 0.15) is 5.41 Å². The Morgan fingerprint density at radius 1 is 1.07 bits per heavy atom. The van der Waals surface area contributed by atoms with E-state index in [-0.39, 0.29) is 6.04 Å². The predicted molar refractivity (Wildman–Crippen MR) is 114 cm³/mol. The highest BCUT2D eigenvalue weighted by Gasteiger charge is 2.23. The van der Waals surface area contributed by atoms with Gasteiger partial charge in [-0.1, -0.05) is 66.4 Å². The van der Waals surface area contributed by atoms with Gasteiger partial charge in [-0.25, -0.2) is 0 Å². The summed E-state index contributed by atoms with van der Waals surface area (Å²) in [4.78, 5) is 11.2. The second kappa shape index (κ2) is 8.29. The van der Waals surface area contributed by atoms with Crippen molar-refractivity contribution in [2.45, 2.75) is 33.4 Å². The van der Waals surface area contributed by atoms with Gasteiger partial charge >= 0.3 is 5.97 Å². The first-order valence-electron chi connectivity index (χ1n) is 9.43. The van der Waals surface area contributed by atoms with Crippen molar-refractivity contribution in [1.29, 1.82) is 0 Å². The zero-order chi connectivity index (χ0) is 20.1. The molecular formula is C25H25NO2. The van der Waals surface area contributed by atoms with Crippen LogP contribution in [0.25, 0.3) is 10.8 Å². The third-order valence-electron chi connectivity index (χ3n) is 4.88. The van der Waals surface area contributed by atoms with E-state index >= 15 is 0 Å². The van der Waals surface area contributed by atoms with Crippen LogP contribution in [-0.4, -0.2) is 11.1 Å². The Morgan fingerprint density at radius 2 is 1.79 bits per heavy atom. The minimum Gasteiger partial charge on any atom is -0.480 e. The minimum absolute atomic E-state index is 0.201. The second-order valence-electron chi connectivity index (χ2n) is 7.55. The normalized spacial score (nSPS) is 12.2. The number of carbonyl (C=O) groups is 1. The van der Waals surface area contributed by atoms with Crippen molar-refractivity contribution in [1.82, 2.24) is 5.32 Å². The molecule has 0 radical (unpaired) electrons. The molecule has 0 aliphatic rings. The second-order valence-corrected chi connectivity index (χ2v) is 7.55. The summed E-state index contributed by atoms with van der Waals surface area (Å²) in [5.41, 5.74) is 2.16. The van der Waals surface area contributed by atoms with Crippen molar-refractivity contribution < 1.29 is 9.90 Å². The van der Waals surface area contributed by atoms with Crippen molar-refractivity contribution in [3.63, 3.8) is 0 Å². The van der Waals surface area contributed by atoms with Gasteiger partial charge in [-0.2, -0.15) is 0 Å². The highest BCUT2D eigenvalue weighted by molar-refractivity contribution is 5.86. The molecule has 0 saturated heterocycles. The van der Waals surface area contributed by atoms with Crippen molar-refractivity contribution in [2.75, 3.05) is 0 Å². The number of carboxylic acids is 1. The Balaban J connectivity index is 1.73. The van der Waals surface area contributed by atoms with Crippen molar-refractivity contribution in [3.8, 4) is 11.8 Å². The summed E-state index contributed by atoms with van der Waals surface area (Å²) in [5, 5.41) is 15.3. The Morgan fingerprint density at radius 3 is 2.57 bits per heavy atom. The minimum atomic E-state index is -1.06. The van der Waals surface area contributed by atoms with Crippen LogP contribution < -0.4 is 5.32 Å². The molecule has 142 valence electrons. The average Bonchev–Trinajstić information content (AvgIpc) is 2.70. The number of benzene rings is 3. The average molecular weight is 371 g/mol. The van der Waals surface area contributed by atoms with Crippen molar-refractivity contribution >= 4 is 16.7 Å². The van der Waals surface area contributed by atoms with Crippen LogP contribution in [0.15, 0.2) is 66.7 Å². The summed E-state index contributed by atoms with van der Waals surface area (Å²) < 4.78 is 0. The Labute approximate surface area is 166 Å². The first kappa shape index (κ1) is 19.7. The number of fused-ring (bicyclic) bond motifs is 1. The van der Waals surface area contributed by atoms with Crippen LogP contribution in [-0.2, 0) is 11.3 Å². The predicted octanol–water partition coefficient (Wildman–Crippen LogP) is 5.15. The lowest BCUT2D eigenvalue weighted by Gasteiger charge is -2.17. The van der Waals surface area contributed by atoms with Gasteiger partial charge in [0.2, 0.25) is 0 Å². The quantitative estimate of drug-likeness (QED) is 0.610. The molecule has 3 heteroatoms. The van der Waals surface area contributed by atoms with E-state index in [1.807, 2.05) is 18.2 Å². The maximum Gasteiger partial charge on any atom is 0.321 e. The Hall–Kier alpha value is -3.09. The van der Waals surface area contributed by atoms with Gasteiger partial charge in [0, 0.05) is 18.2 Å². The van der Waals surface area contributed by atoms with E-state index in [0.717, 1.165) is 11.1 Å². The maximum absolute atomic E-state index is 11.2. The Bertz CT molecular complexity index is 1050. The summed E-state index contributed by atoms with van der Waals surface area (Å²) in [7, 11) is 0. The van der Waals surface area contributed by atoms with Crippen LogP contribution in [0.1, 0.15) is 43.5 Å². The maximum atomic E-state index is 11.2. The van der Waals surface area contributed by atoms with Gasteiger partial charge in [-0.3, -0.25) is 4.79 Å². The molecule has 0 aromatic heterocycles. The topological polar surface area (TPSA) is 49.3 Å². The Kier molecular flexibility index (Phi) is 5.82. The highest BCUT2D eigenvalue weighted by atomic mass is 16.4. The van der Waals surface area contributed by atoms with E-state index in [0.29, 0.717) is 6.54 Å². The van der Waals surface area contributed by atoms with Crippen molar-refractivity contribution in [2.24, 2.45) is 5.41 Å². The lowest BCUT2D eigenvalue weighted by atomic mass is 9.94. The standard InChI is InChI=1S/C25H25NO2/c1-18(22-13-7-11-21-10-4-5-12-23(21)22)26-17-20-9-6-8-19(16-20)14-15-25(2,3)24(27)28/h4-13,16,18,26H,17H2,1-3H3,(H,27,28)/t18-/m1/s1. The smallest absolute Gasteiger partial charge is 0.321 e. The van der Waals surface area contributed by atoms with E-state index in [2.05, 4.69) is 72.6 Å². The molecule has 0 fully saturated rings. The van der Waals surface area contributed by atoms with Gasteiger partial charge in [-0.15, -0.1) is 0 Å². The highest BCUT2D eigenvalue weighted by Crippen LogP contribution is 2.24. The summed E-state index contributed by atoms with van der Waals surface area (Å²) in [6.07, 6.45) is 0. The first-order valence-corrected chi connectivity index (χ1v) is 9.43. The summed E-state index contributed by atoms with van der Waals surface area (Å²) in [5.74, 6) is 4.92. The third kappa shape index (κ3) is 4.60. The molecular weight excluding hydrogens is 346 g/mol. The zero-order valence-corrected chi connectivity index (χ0v) is 16.5. The summed E-state index contributed by atoms with van der Waals surface area (Å²) in [6.45, 7) is 6.10. The third-order valence-corrected chi connectivity index (χ3v) is 4.88. The first-order chi connectivity index (χ1) is 13.4. The molecule has 3 rings (SSSR count).